The maximum atomic E-state index is 12.3. The fraction of sp³-hybridized carbons (Fsp3) is 0. The van der Waals surface area contributed by atoms with Gasteiger partial charge in [-0.05, 0) is 11.1 Å². The SMILES string of the molecule is O=c1cc(-c2ccccc2)c(-c2ccccc2)c(-c2ccccc2)o1. The van der Waals surface area contributed by atoms with E-state index in [9.17, 15) is 4.79 Å². The predicted molar refractivity (Wildman–Crippen MR) is 101 cm³/mol. The molecule has 4 rings (SSSR count). The Morgan fingerprint density at radius 3 is 1.60 bits per heavy atom. The third kappa shape index (κ3) is 3.02. The molecule has 0 spiro atoms. The van der Waals surface area contributed by atoms with Crippen molar-refractivity contribution in [1.82, 2.24) is 0 Å². The van der Waals surface area contributed by atoms with Gasteiger partial charge in [-0.2, -0.15) is 0 Å². The van der Waals surface area contributed by atoms with E-state index in [4.69, 9.17) is 4.42 Å². The highest BCUT2D eigenvalue weighted by molar-refractivity contribution is 5.91. The molecule has 0 N–H and O–H groups in total. The molecule has 1 heterocycles. The van der Waals surface area contributed by atoms with Crippen molar-refractivity contribution in [3.8, 4) is 33.6 Å². The first kappa shape index (κ1) is 15.2. The molecule has 0 aliphatic heterocycles. The van der Waals surface area contributed by atoms with E-state index in [0.29, 0.717) is 5.76 Å². The van der Waals surface area contributed by atoms with Crippen molar-refractivity contribution in [2.24, 2.45) is 0 Å². The molecule has 0 atom stereocenters. The van der Waals surface area contributed by atoms with Gasteiger partial charge in [0.05, 0.1) is 0 Å². The number of hydrogen-bond donors (Lipinski definition) is 0. The second-order valence-electron chi connectivity index (χ2n) is 5.78. The Bertz CT molecular complexity index is 970. The normalized spacial score (nSPS) is 10.6. The van der Waals surface area contributed by atoms with Crippen molar-refractivity contribution in [1.29, 1.82) is 0 Å². The minimum absolute atomic E-state index is 0.350. The molecule has 0 unspecified atom stereocenters. The van der Waals surface area contributed by atoms with Gasteiger partial charge in [0.15, 0.2) is 0 Å². The van der Waals surface area contributed by atoms with Crippen LogP contribution < -0.4 is 5.63 Å². The highest BCUT2D eigenvalue weighted by Gasteiger charge is 2.17. The topological polar surface area (TPSA) is 30.2 Å². The summed E-state index contributed by atoms with van der Waals surface area (Å²) >= 11 is 0. The first-order valence-electron chi connectivity index (χ1n) is 8.17. The lowest BCUT2D eigenvalue weighted by Crippen LogP contribution is -2.02. The molecular weight excluding hydrogens is 308 g/mol. The summed E-state index contributed by atoms with van der Waals surface area (Å²) in [5.74, 6) is 0.596. The van der Waals surface area contributed by atoms with Crippen LogP contribution in [0.25, 0.3) is 33.6 Å². The van der Waals surface area contributed by atoms with E-state index in [-0.39, 0.29) is 5.63 Å². The van der Waals surface area contributed by atoms with Crippen LogP contribution >= 0.6 is 0 Å². The van der Waals surface area contributed by atoms with Gasteiger partial charge in [-0.25, -0.2) is 4.79 Å². The van der Waals surface area contributed by atoms with Crippen molar-refractivity contribution in [3.05, 3.63) is 107 Å². The van der Waals surface area contributed by atoms with Crippen molar-refractivity contribution >= 4 is 0 Å². The van der Waals surface area contributed by atoms with Gasteiger partial charge in [0.1, 0.15) is 5.76 Å². The summed E-state index contributed by atoms with van der Waals surface area (Å²) in [4.78, 5) is 12.3. The van der Waals surface area contributed by atoms with E-state index in [1.54, 1.807) is 6.07 Å². The van der Waals surface area contributed by atoms with Crippen molar-refractivity contribution < 1.29 is 4.42 Å². The summed E-state index contributed by atoms with van der Waals surface area (Å²) < 4.78 is 5.66. The van der Waals surface area contributed by atoms with Crippen molar-refractivity contribution in [2.75, 3.05) is 0 Å². The van der Waals surface area contributed by atoms with Crippen LogP contribution in [-0.2, 0) is 0 Å². The summed E-state index contributed by atoms with van der Waals surface area (Å²) in [7, 11) is 0. The Morgan fingerprint density at radius 1 is 0.560 bits per heavy atom. The molecule has 3 aromatic carbocycles. The van der Waals surface area contributed by atoms with Gasteiger partial charge in [-0.15, -0.1) is 0 Å². The molecule has 0 saturated heterocycles. The molecule has 0 aliphatic carbocycles. The van der Waals surface area contributed by atoms with E-state index in [1.807, 2.05) is 91.0 Å². The largest absolute Gasteiger partial charge is 0.422 e. The highest BCUT2D eigenvalue weighted by Crippen LogP contribution is 2.38. The van der Waals surface area contributed by atoms with Gasteiger partial charge in [-0.3, -0.25) is 0 Å². The number of rotatable bonds is 3. The first-order chi connectivity index (χ1) is 12.3. The Morgan fingerprint density at radius 2 is 1.04 bits per heavy atom. The Labute approximate surface area is 146 Å². The van der Waals surface area contributed by atoms with E-state index < -0.39 is 0 Å². The van der Waals surface area contributed by atoms with Gasteiger partial charge in [0, 0.05) is 22.8 Å². The fourth-order valence-electron chi connectivity index (χ4n) is 3.02. The average Bonchev–Trinajstić information content (AvgIpc) is 2.69. The van der Waals surface area contributed by atoms with Gasteiger partial charge in [0.2, 0.25) is 0 Å². The molecule has 1 aromatic heterocycles. The molecule has 0 radical (unpaired) electrons. The zero-order chi connectivity index (χ0) is 17.1. The third-order valence-electron chi connectivity index (χ3n) is 4.14. The second kappa shape index (κ2) is 6.62. The molecule has 25 heavy (non-hydrogen) atoms. The summed E-state index contributed by atoms with van der Waals surface area (Å²) in [6.07, 6.45) is 0. The second-order valence-corrected chi connectivity index (χ2v) is 5.78. The fourth-order valence-corrected chi connectivity index (χ4v) is 3.02. The molecule has 4 aromatic rings. The van der Waals surface area contributed by atoms with Crippen molar-refractivity contribution in [2.45, 2.75) is 0 Å². The van der Waals surface area contributed by atoms with Gasteiger partial charge < -0.3 is 4.42 Å². The summed E-state index contributed by atoms with van der Waals surface area (Å²) in [6.45, 7) is 0. The third-order valence-corrected chi connectivity index (χ3v) is 4.14. The summed E-state index contributed by atoms with van der Waals surface area (Å²) in [5, 5.41) is 0. The summed E-state index contributed by atoms with van der Waals surface area (Å²) in [6, 6.07) is 31.3. The minimum atomic E-state index is -0.350. The lowest BCUT2D eigenvalue weighted by atomic mass is 9.92. The van der Waals surface area contributed by atoms with Crippen LogP contribution in [0, 0.1) is 0 Å². The van der Waals surface area contributed by atoms with Gasteiger partial charge >= 0.3 is 5.63 Å². The lowest BCUT2D eigenvalue weighted by Gasteiger charge is -2.14. The molecule has 0 amide bonds. The van der Waals surface area contributed by atoms with E-state index in [2.05, 4.69) is 0 Å². The Kier molecular flexibility index (Phi) is 4.01. The number of hydrogen-bond acceptors (Lipinski definition) is 2. The number of benzene rings is 3. The molecule has 0 fully saturated rings. The Hall–Kier alpha value is -3.39. The zero-order valence-electron chi connectivity index (χ0n) is 13.6. The van der Waals surface area contributed by atoms with Crippen LogP contribution in [-0.4, -0.2) is 0 Å². The van der Waals surface area contributed by atoms with Crippen LogP contribution in [0.3, 0.4) is 0 Å². The van der Waals surface area contributed by atoms with Crippen molar-refractivity contribution in [3.63, 3.8) is 0 Å². The molecule has 0 bridgehead atoms. The first-order valence-corrected chi connectivity index (χ1v) is 8.17. The molecule has 120 valence electrons. The quantitative estimate of drug-likeness (QED) is 0.488. The molecule has 2 heteroatoms. The molecular formula is C23H16O2. The Balaban J connectivity index is 2.09. The van der Waals surface area contributed by atoms with Gasteiger partial charge in [0.25, 0.3) is 0 Å². The van der Waals surface area contributed by atoms with Crippen LogP contribution in [0.4, 0.5) is 0 Å². The smallest absolute Gasteiger partial charge is 0.336 e. The maximum absolute atomic E-state index is 12.3. The summed E-state index contributed by atoms with van der Waals surface area (Å²) in [5.41, 5.74) is 4.35. The van der Waals surface area contributed by atoms with Crippen LogP contribution in [0.1, 0.15) is 0 Å². The predicted octanol–water partition coefficient (Wildman–Crippen LogP) is 5.64. The highest BCUT2D eigenvalue weighted by atomic mass is 16.4. The zero-order valence-corrected chi connectivity index (χ0v) is 13.6. The van der Waals surface area contributed by atoms with E-state index >= 15 is 0 Å². The van der Waals surface area contributed by atoms with Gasteiger partial charge in [-0.1, -0.05) is 91.0 Å². The van der Waals surface area contributed by atoms with E-state index in [0.717, 1.165) is 27.8 Å². The van der Waals surface area contributed by atoms with Crippen LogP contribution in [0.15, 0.2) is 106 Å². The van der Waals surface area contributed by atoms with E-state index in [1.165, 1.54) is 0 Å². The standard InChI is InChI=1S/C23H16O2/c24-21-16-20(17-10-4-1-5-11-17)22(18-12-6-2-7-13-18)23(25-21)19-14-8-3-9-15-19/h1-16H. The molecule has 2 nitrogen and oxygen atoms in total. The average molecular weight is 324 g/mol. The molecule has 0 aliphatic rings. The van der Waals surface area contributed by atoms with Crippen LogP contribution in [0.2, 0.25) is 0 Å². The monoisotopic (exact) mass is 324 g/mol. The maximum Gasteiger partial charge on any atom is 0.336 e. The lowest BCUT2D eigenvalue weighted by molar-refractivity contribution is 0.528. The molecule has 0 saturated carbocycles. The minimum Gasteiger partial charge on any atom is -0.422 e. The van der Waals surface area contributed by atoms with Crippen LogP contribution in [0.5, 0.6) is 0 Å².